The van der Waals surface area contributed by atoms with Gasteiger partial charge in [0, 0.05) is 24.6 Å². The smallest absolute Gasteiger partial charge is 0.309 e. The van der Waals surface area contributed by atoms with Crippen LogP contribution in [0.25, 0.3) is 0 Å². The first-order chi connectivity index (χ1) is 15.1. The number of aryl methyl sites for hydroxylation is 1. The number of pyridine rings is 1. The molecule has 7 nitrogen and oxygen atoms in total. The molecule has 0 radical (unpaired) electrons. The summed E-state index contributed by atoms with van der Waals surface area (Å²) in [7, 11) is 3.02. The highest BCUT2D eigenvalue weighted by Crippen LogP contribution is 2.34. The SMILES string of the molecule is COc1ccc([C@H](C(C)C)[C@H](C)OC(=O)[C@H](C)CC(=O)c2nccc(OC)c2O)c(C)c1. The fourth-order valence-electron chi connectivity index (χ4n) is 3.94. The molecule has 1 heterocycles. The summed E-state index contributed by atoms with van der Waals surface area (Å²) in [5.41, 5.74) is 2.04. The standard InChI is InChI=1S/C25H33NO6/c1-14(2)22(19-9-8-18(30-6)12-15(19)3)17(5)32-25(29)16(4)13-20(27)23-24(28)21(31-7)10-11-26-23/h8-12,14,16-17,22,28H,13H2,1-7H3/t16-,17+,22-/m1/s1. The molecule has 174 valence electrons. The monoisotopic (exact) mass is 443 g/mol. The van der Waals surface area contributed by atoms with Gasteiger partial charge in [-0.2, -0.15) is 0 Å². The van der Waals surface area contributed by atoms with Crippen molar-refractivity contribution in [1.82, 2.24) is 4.98 Å². The van der Waals surface area contributed by atoms with Gasteiger partial charge < -0.3 is 19.3 Å². The van der Waals surface area contributed by atoms with Crippen LogP contribution in [0.2, 0.25) is 0 Å². The molecular formula is C25H33NO6. The van der Waals surface area contributed by atoms with Gasteiger partial charge in [-0.25, -0.2) is 4.98 Å². The van der Waals surface area contributed by atoms with Crippen LogP contribution in [0.3, 0.4) is 0 Å². The summed E-state index contributed by atoms with van der Waals surface area (Å²) in [5, 5.41) is 10.1. The molecule has 0 bridgehead atoms. The van der Waals surface area contributed by atoms with E-state index in [2.05, 4.69) is 18.8 Å². The van der Waals surface area contributed by atoms with E-state index in [9.17, 15) is 14.7 Å². The van der Waals surface area contributed by atoms with Crippen LogP contribution in [0.5, 0.6) is 17.2 Å². The molecule has 0 unspecified atom stereocenters. The molecule has 0 aliphatic heterocycles. The lowest BCUT2D eigenvalue weighted by Crippen LogP contribution is -2.30. The summed E-state index contributed by atoms with van der Waals surface area (Å²) in [4.78, 5) is 29.3. The number of ether oxygens (including phenoxy) is 3. The Kier molecular flexibility index (Phi) is 8.63. The number of hydrogen-bond donors (Lipinski definition) is 1. The molecule has 0 saturated heterocycles. The van der Waals surface area contributed by atoms with E-state index in [0.717, 1.165) is 16.9 Å². The van der Waals surface area contributed by atoms with E-state index in [1.165, 1.54) is 19.4 Å². The van der Waals surface area contributed by atoms with Gasteiger partial charge in [0.15, 0.2) is 23.0 Å². The molecule has 32 heavy (non-hydrogen) atoms. The molecule has 7 heteroatoms. The van der Waals surface area contributed by atoms with Crippen molar-refractivity contribution in [2.24, 2.45) is 11.8 Å². The molecule has 0 aliphatic carbocycles. The number of carbonyl (C=O) groups is 2. The van der Waals surface area contributed by atoms with Gasteiger partial charge in [0.05, 0.1) is 20.1 Å². The maximum atomic E-state index is 12.8. The van der Waals surface area contributed by atoms with Crippen LogP contribution in [0.1, 0.15) is 61.6 Å². The van der Waals surface area contributed by atoms with Gasteiger partial charge in [0.2, 0.25) is 0 Å². The van der Waals surface area contributed by atoms with Crippen LogP contribution in [0.15, 0.2) is 30.5 Å². The normalized spacial score (nSPS) is 13.9. The Hall–Kier alpha value is -3.09. The van der Waals surface area contributed by atoms with Crippen molar-refractivity contribution in [1.29, 1.82) is 0 Å². The lowest BCUT2D eigenvalue weighted by Gasteiger charge is -2.30. The zero-order valence-electron chi connectivity index (χ0n) is 19.8. The number of aromatic nitrogens is 1. The van der Waals surface area contributed by atoms with Gasteiger partial charge in [-0.3, -0.25) is 9.59 Å². The minimum Gasteiger partial charge on any atom is -0.503 e. The molecule has 3 atom stereocenters. The van der Waals surface area contributed by atoms with Crippen molar-refractivity contribution < 1.29 is 28.9 Å². The highest BCUT2D eigenvalue weighted by molar-refractivity contribution is 5.99. The van der Waals surface area contributed by atoms with Crippen molar-refractivity contribution in [2.75, 3.05) is 14.2 Å². The molecule has 0 amide bonds. The number of aromatic hydroxyl groups is 1. The summed E-state index contributed by atoms with van der Waals surface area (Å²) in [6, 6.07) is 7.33. The van der Waals surface area contributed by atoms with Crippen LogP contribution < -0.4 is 9.47 Å². The molecule has 0 spiro atoms. The minimum atomic E-state index is -0.692. The molecule has 0 saturated carbocycles. The number of methoxy groups -OCH3 is 2. The van der Waals surface area contributed by atoms with E-state index >= 15 is 0 Å². The third-order valence-electron chi connectivity index (χ3n) is 5.63. The first-order valence-corrected chi connectivity index (χ1v) is 10.7. The third-order valence-corrected chi connectivity index (χ3v) is 5.63. The number of esters is 1. The molecular weight excluding hydrogens is 410 g/mol. The van der Waals surface area contributed by atoms with E-state index in [0.29, 0.717) is 0 Å². The number of benzene rings is 1. The van der Waals surface area contributed by atoms with Crippen molar-refractivity contribution in [2.45, 2.75) is 53.1 Å². The van der Waals surface area contributed by atoms with Crippen molar-refractivity contribution in [3.05, 3.63) is 47.3 Å². The van der Waals surface area contributed by atoms with E-state index in [1.54, 1.807) is 14.0 Å². The summed E-state index contributed by atoms with van der Waals surface area (Å²) in [5.74, 6) is -0.806. The van der Waals surface area contributed by atoms with Gasteiger partial charge in [-0.1, -0.05) is 26.8 Å². The predicted octanol–water partition coefficient (Wildman–Crippen LogP) is 4.69. The zero-order valence-corrected chi connectivity index (χ0v) is 19.8. The molecule has 0 fully saturated rings. The average Bonchev–Trinajstić information content (AvgIpc) is 2.74. The predicted molar refractivity (Wildman–Crippen MR) is 121 cm³/mol. The highest BCUT2D eigenvalue weighted by Gasteiger charge is 2.30. The lowest BCUT2D eigenvalue weighted by atomic mass is 9.82. The molecule has 2 aromatic rings. The van der Waals surface area contributed by atoms with Crippen LogP contribution >= 0.6 is 0 Å². The van der Waals surface area contributed by atoms with Gasteiger partial charge in [0.1, 0.15) is 11.9 Å². The quantitative estimate of drug-likeness (QED) is 0.420. The van der Waals surface area contributed by atoms with Crippen LogP contribution in [0.4, 0.5) is 0 Å². The summed E-state index contributed by atoms with van der Waals surface area (Å²) >= 11 is 0. The third kappa shape index (κ3) is 5.78. The molecule has 1 aromatic carbocycles. The van der Waals surface area contributed by atoms with E-state index in [4.69, 9.17) is 14.2 Å². The number of rotatable bonds is 10. The molecule has 0 aliphatic rings. The number of ketones is 1. The Morgan fingerprint density at radius 1 is 1.06 bits per heavy atom. The number of nitrogens with zero attached hydrogens (tertiary/aromatic N) is 1. The van der Waals surface area contributed by atoms with Gasteiger partial charge in [0.25, 0.3) is 0 Å². The number of Topliss-reactive ketones (excluding diaryl/α,β-unsaturated/α-hetero) is 1. The summed E-state index contributed by atoms with van der Waals surface area (Å²) in [6.45, 7) is 9.69. The number of hydrogen-bond acceptors (Lipinski definition) is 7. The van der Waals surface area contributed by atoms with Crippen LogP contribution in [-0.2, 0) is 9.53 Å². The topological polar surface area (TPSA) is 95.0 Å². The maximum absolute atomic E-state index is 12.8. The van der Waals surface area contributed by atoms with Crippen LogP contribution in [-0.4, -0.2) is 42.2 Å². The second kappa shape index (κ2) is 11.0. The first-order valence-electron chi connectivity index (χ1n) is 10.7. The fourth-order valence-corrected chi connectivity index (χ4v) is 3.94. The van der Waals surface area contributed by atoms with E-state index < -0.39 is 23.8 Å². The number of carbonyl (C=O) groups excluding carboxylic acids is 2. The Morgan fingerprint density at radius 3 is 2.31 bits per heavy atom. The lowest BCUT2D eigenvalue weighted by molar-refractivity contribution is -0.154. The van der Waals surface area contributed by atoms with Crippen molar-refractivity contribution in [3.63, 3.8) is 0 Å². The van der Waals surface area contributed by atoms with Gasteiger partial charge >= 0.3 is 5.97 Å². The summed E-state index contributed by atoms with van der Waals surface area (Å²) < 4.78 is 16.1. The fraction of sp³-hybridized carbons (Fsp3) is 0.480. The Morgan fingerprint density at radius 2 is 1.75 bits per heavy atom. The maximum Gasteiger partial charge on any atom is 0.309 e. The van der Waals surface area contributed by atoms with Crippen molar-refractivity contribution in [3.8, 4) is 17.2 Å². The van der Waals surface area contributed by atoms with Gasteiger partial charge in [-0.15, -0.1) is 0 Å². The molecule has 2 rings (SSSR count). The first kappa shape index (κ1) is 25.2. The molecule has 1 aromatic heterocycles. The Bertz CT molecular complexity index is 955. The second-order valence-electron chi connectivity index (χ2n) is 8.37. The average molecular weight is 444 g/mol. The second-order valence-corrected chi connectivity index (χ2v) is 8.37. The minimum absolute atomic E-state index is 0.0168. The molecule has 1 N–H and O–H groups in total. The van der Waals surface area contributed by atoms with E-state index in [-0.39, 0.29) is 35.4 Å². The summed E-state index contributed by atoms with van der Waals surface area (Å²) in [6.07, 6.45) is 0.851. The Labute approximate surface area is 189 Å². The van der Waals surface area contributed by atoms with Gasteiger partial charge in [-0.05, 0) is 43.0 Å². The highest BCUT2D eigenvalue weighted by atomic mass is 16.5. The van der Waals surface area contributed by atoms with Crippen molar-refractivity contribution >= 4 is 11.8 Å². The van der Waals surface area contributed by atoms with Crippen LogP contribution in [0, 0.1) is 18.8 Å². The largest absolute Gasteiger partial charge is 0.503 e. The Balaban J connectivity index is 2.11. The van der Waals surface area contributed by atoms with E-state index in [1.807, 2.05) is 32.0 Å². The zero-order chi connectivity index (χ0) is 24.0.